The van der Waals surface area contributed by atoms with Crippen LogP contribution in [-0.4, -0.2) is 0 Å². The minimum atomic E-state index is -0.696. The average molecular weight is 319 g/mol. The summed E-state index contributed by atoms with van der Waals surface area (Å²) >= 11 is 4.48. The van der Waals surface area contributed by atoms with Crippen molar-refractivity contribution in [3.05, 3.63) is 56.2 Å². The fraction of sp³-hybridized carbons (Fsp3) is 0.0909. The number of benzene rings is 1. The number of halogens is 3. The van der Waals surface area contributed by atoms with Crippen molar-refractivity contribution < 1.29 is 8.78 Å². The molecule has 0 saturated carbocycles. The van der Waals surface area contributed by atoms with Crippen LogP contribution in [0.25, 0.3) is 0 Å². The second-order valence-corrected chi connectivity index (χ2v) is 5.05. The Morgan fingerprint density at radius 2 is 2.06 bits per heavy atom. The summed E-state index contributed by atoms with van der Waals surface area (Å²) in [7, 11) is 0. The Morgan fingerprint density at radius 1 is 1.29 bits per heavy atom. The van der Waals surface area contributed by atoms with Gasteiger partial charge in [0.15, 0.2) is 0 Å². The van der Waals surface area contributed by atoms with Crippen LogP contribution in [0, 0.1) is 11.6 Å². The lowest BCUT2D eigenvalue weighted by Gasteiger charge is -2.17. The van der Waals surface area contributed by atoms with Crippen LogP contribution in [0.15, 0.2) is 33.4 Å². The van der Waals surface area contributed by atoms with E-state index in [1.54, 1.807) is 11.4 Å². The highest BCUT2D eigenvalue weighted by Crippen LogP contribution is 2.31. The lowest BCUT2D eigenvalue weighted by Crippen LogP contribution is -2.30. The third kappa shape index (κ3) is 2.40. The molecule has 0 fully saturated rings. The van der Waals surface area contributed by atoms with Gasteiger partial charge in [-0.05, 0) is 50.5 Å². The zero-order valence-electron chi connectivity index (χ0n) is 8.58. The second-order valence-electron chi connectivity index (χ2n) is 3.41. The van der Waals surface area contributed by atoms with Gasteiger partial charge in [0.25, 0.3) is 0 Å². The van der Waals surface area contributed by atoms with Crippen LogP contribution < -0.4 is 11.3 Å². The summed E-state index contributed by atoms with van der Waals surface area (Å²) in [4.78, 5) is 0. The van der Waals surface area contributed by atoms with Gasteiger partial charge >= 0.3 is 0 Å². The highest BCUT2D eigenvalue weighted by molar-refractivity contribution is 9.10. The maximum Gasteiger partial charge on any atom is 0.145 e. The molecule has 2 nitrogen and oxygen atoms in total. The molecule has 0 bridgehead atoms. The van der Waals surface area contributed by atoms with E-state index in [4.69, 9.17) is 5.84 Å². The first-order chi connectivity index (χ1) is 8.15. The number of hydrazine groups is 1. The van der Waals surface area contributed by atoms with Gasteiger partial charge < -0.3 is 0 Å². The van der Waals surface area contributed by atoms with Crippen LogP contribution in [0.1, 0.15) is 17.2 Å². The molecule has 0 aliphatic heterocycles. The molecule has 1 aromatic carbocycles. The van der Waals surface area contributed by atoms with E-state index in [0.29, 0.717) is 0 Å². The van der Waals surface area contributed by atoms with Crippen LogP contribution in [0.2, 0.25) is 0 Å². The highest BCUT2D eigenvalue weighted by atomic mass is 79.9. The van der Waals surface area contributed by atoms with E-state index < -0.39 is 17.7 Å². The van der Waals surface area contributed by atoms with E-state index in [1.165, 1.54) is 23.5 Å². The fourth-order valence-corrected chi connectivity index (χ4v) is 2.62. The third-order valence-corrected chi connectivity index (χ3v) is 3.73. The molecule has 0 amide bonds. The maximum absolute atomic E-state index is 13.9. The molecule has 1 heterocycles. The number of nitrogens with one attached hydrogen (secondary N) is 1. The van der Waals surface area contributed by atoms with Crippen LogP contribution >= 0.6 is 27.3 Å². The standard InChI is InChI=1S/C11H9BrF2N2S/c12-7-1-2-8(13)9(10(7)14)11(16-15)6-3-4-17-5-6/h1-5,11,16H,15H2. The molecule has 0 aliphatic carbocycles. The average Bonchev–Trinajstić information content (AvgIpc) is 2.83. The van der Waals surface area contributed by atoms with Crippen molar-refractivity contribution in [2.24, 2.45) is 5.84 Å². The van der Waals surface area contributed by atoms with Crippen molar-refractivity contribution in [1.82, 2.24) is 5.43 Å². The molecule has 0 aliphatic rings. The topological polar surface area (TPSA) is 38.0 Å². The third-order valence-electron chi connectivity index (χ3n) is 2.41. The minimum Gasteiger partial charge on any atom is -0.271 e. The van der Waals surface area contributed by atoms with E-state index in [0.717, 1.165) is 5.56 Å². The molecule has 6 heteroatoms. The van der Waals surface area contributed by atoms with Crippen LogP contribution in [0.3, 0.4) is 0 Å². The summed E-state index contributed by atoms with van der Waals surface area (Å²) in [5.74, 6) is 4.13. The van der Waals surface area contributed by atoms with Crippen molar-refractivity contribution >= 4 is 27.3 Å². The molecule has 0 saturated heterocycles. The van der Waals surface area contributed by atoms with Gasteiger partial charge in [-0.3, -0.25) is 5.84 Å². The smallest absolute Gasteiger partial charge is 0.145 e. The summed E-state index contributed by atoms with van der Waals surface area (Å²) in [5, 5.41) is 3.62. The van der Waals surface area contributed by atoms with Gasteiger partial charge in [-0.15, -0.1) is 0 Å². The van der Waals surface area contributed by atoms with Crippen molar-refractivity contribution in [3.8, 4) is 0 Å². The summed E-state index contributed by atoms with van der Waals surface area (Å²) in [6, 6.07) is 3.61. The van der Waals surface area contributed by atoms with Crippen molar-refractivity contribution in [2.45, 2.75) is 6.04 Å². The predicted molar refractivity (Wildman–Crippen MR) is 67.5 cm³/mol. The van der Waals surface area contributed by atoms with Crippen molar-refractivity contribution in [1.29, 1.82) is 0 Å². The second kappa shape index (κ2) is 5.22. The van der Waals surface area contributed by atoms with Gasteiger partial charge in [0.1, 0.15) is 11.6 Å². The zero-order chi connectivity index (χ0) is 12.4. The fourth-order valence-electron chi connectivity index (χ4n) is 1.59. The first kappa shape index (κ1) is 12.6. The number of hydrogen-bond acceptors (Lipinski definition) is 3. The molecular weight excluding hydrogens is 310 g/mol. The molecule has 2 rings (SSSR count). The Hall–Kier alpha value is -0.820. The number of rotatable bonds is 3. The SMILES string of the molecule is NNC(c1ccsc1)c1c(F)ccc(Br)c1F. The van der Waals surface area contributed by atoms with Gasteiger partial charge in [0.2, 0.25) is 0 Å². The number of hydrogen-bond donors (Lipinski definition) is 2. The highest BCUT2D eigenvalue weighted by Gasteiger charge is 2.22. The summed E-state index contributed by atoms with van der Waals surface area (Å²) in [6.07, 6.45) is 0. The molecule has 3 N–H and O–H groups in total. The predicted octanol–water partition coefficient (Wildman–Crippen LogP) is 3.34. The van der Waals surface area contributed by atoms with Crippen molar-refractivity contribution in [3.63, 3.8) is 0 Å². The summed E-state index contributed by atoms with van der Waals surface area (Å²) in [6.45, 7) is 0. The van der Waals surface area contributed by atoms with Gasteiger partial charge in [-0.2, -0.15) is 11.3 Å². The Morgan fingerprint density at radius 3 is 2.65 bits per heavy atom. The lowest BCUT2D eigenvalue weighted by atomic mass is 10.0. The Kier molecular flexibility index (Phi) is 3.88. The minimum absolute atomic E-state index is 0.0831. The molecule has 2 aromatic rings. The molecule has 17 heavy (non-hydrogen) atoms. The molecule has 0 radical (unpaired) electrons. The molecule has 1 unspecified atom stereocenters. The molecule has 0 spiro atoms. The normalized spacial score (nSPS) is 12.7. The van der Waals surface area contributed by atoms with E-state index in [1.807, 2.05) is 5.38 Å². The zero-order valence-corrected chi connectivity index (χ0v) is 11.0. The Labute approximate surface area is 110 Å². The quantitative estimate of drug-likeness (QED) is 0.517. The molecular formula is C11H9BrF2N2S. The van der Waals surface area contributed by atoms with Gasteiger partial charge in [0, 0.05) is 5.56 Å². The first-order valence-electron chi connectivity index (χ1n) is 4.76. The van der Waals surface area contributed by atoms with E-state index >= 15 is 0 Å². The summed E-state index contributed by atoms with van der Waals surface area (Å²) in [5.41, 5.74) is 3.08. The van der Waals surface area contributed by atoms with E-state index in [9.17, 15) is 8.78 Å². The number of thiophene rings is 1. The Bertz CT molecular complexity index is 516. The van der Waals surface area contributed by atoms with Gasteiger partial charge in [0.05, 0.1) is 10.5 Å². The first-order valence-corrected chi connectivity index (χ1v) is 6.50. The van der Waals surface area contributed by atoms with E-state index in [2.05, 4.69) is 21.4 Å². The monoisotopic (exact) mass is 318 g/mol. The van der Waals surface area contributed by atoms with E-state index in [-0.39, 0.29) is 10.0 Å². The number of nitrogens with two attached hydrogens (primary N) is 1. The van der Waals surface area contributed by atoms with Gasteiger partial charge in [-0.25, -0.2) is 14.2 Å². The largest absolute Gasteiger partial charge is 0.271 e. The lowest BCUT2D eigenvalue weighted by molar-refractivity contribution is 0.508. The van der Waals surface area contributed by atoms with Crippen LogP contribution in [-0.2, 0) is 0 Å². The van der Waals surface area contributed by atoms with Crippen molar-refractivity contribution in [2.75, 3.05) is 0 Å². The Balaban J connectivity index is 2.55. The van der Waals surface area contributed by atoms with Gasteiger partial charge in [-0.1, -0.05) is 0 Å². The molecule has 1 aromatic heterocycles. The summed E-state index contributed by atoms with van der Waals surface area (Å²) < 4.78 is 27.8. The molecule has 90 valence electrons. The van der Waals surface area contributed by atoms with Crippen LogP contribution in [0.5, 0.6) is 0 Å². The molecule has 1 atom stereocenters. The maximum atomic E-state index is 13.9. The van der Waals surface area contributed by atoms with Crippen LogP contribution in [0.4, 0.5) is 8.78 Å².